The van der Waals surface area contributed by atoms with Crippen LogP contribution in [0.5, 0.6) is 0 Å². The summed E-state index contributed by atoms with van der Waals surface area (Å²) in [5.74, 6) is 0. The summed E-state index contributed by atoms with van der Waals surface area (Å²) in [6.45, 7) is 10.1. The maximum Gasteiger partial charge on any atom is 0.127 e. The summed E-state index contributed by atoms with van der Waals surface area (Å²) in [6.07, 6.45) is 4.56. The topological polar surface area (TPSA) is 8.88 Å². The van der Waals surface area contributed by atoms with Crippen molar-refractivity contribution in [1.29, 1.82) is 0 Å². The second-order valence-electron chi connectivity index (χ2n) is 4.87. The minimum absolute atomic E-state index is 1.17. The molecule has 1 aliphatic heterocycles. The van der Waals surface area contributed by atoms with Crippen molar-refractivity contribution in [2.45, 2.75) is 6.92 Å². The molecule has 2 heteroatoms. The van der Waals surface area contributed by atoms with Crippen molar-refractivity contribution in [2.24, 2.45) is 0 Å². The van der Waals surface area contributed by atoms with Gasteiger partial charge in [0.05, 0.1) is 13.1 Å². The van der Waals surface area contributed by atoms with E-state index in [0.717, 1.165) is 0 Å². The van der Waals surface area contributed by atoms with Crippen molar-refractivity contribution in [2.75, 3.05) is 39.3 Å². The number of hydrogen-bond donors (Lipinski definition) is 2. The molecule has 17 heavy (non-hydrogen) atoms. The fourth-order valence-electron chi connectivity index (χ4n) is 2.44. The minimum atomic E-state index is 1.17. The van der Waals surface area contributed by atoms with Crippen LogP contribution in [0, 0.1) is 0 Å². The number of likely N-dealkylation sites (N-methyl/N-ethyl adjacent to an activating group) is 1. The zero-order valence-corrected chi connectivity index (χ0v) is 10.8. The summed E-state index contributed by atoms with van der Waals surface area (Å²) in [7, 11) is 0. The predicted octanol–water partition coefficient (Wildman–Crippen LogP) is -0.497. The second kappa shape index (κ2) is 6.58. The van der Waals surface area contributed by atoms with E-state index < -0.39 is 0 Å². The number of quaternary nitrogens is 2. The van der Waals surface area contributed by atoms with Gasteiger partial charge in [-0.05, 0) is 18.6 Å². The largest absolute Gasteiger partial charge is 0.326 e. The third-order valence-electron chi connectivity index (χ3n) is 3.68. The van der Waals surface area contributed by atoms with Crippen LogP contribution in [-0.4, -0.2) is 39.3 Å². The molecule has 0 aliphatic carbocycles. The lowest BCUT2D eigenvalue weighted by atomic mass is 10.2. The molecule has 0 amide bonds. The first-order valence-electron chi connectivity index (χ1n) is 6.77. The summed E-state index contributed by atoms with van der Waals surface area (Å²) in [5, 5.41) is 0. The van der Waals surface area contributed by atoms with E-state index in [1.807, 2.05) is 0 Å². The van der Waals surface area contributed by atoms with E-state index in [-0.39, 0.29) is 0 Å². The Morgan fingerprint density at radius 2 is 1.65 bits per heavy atom. The molecule has 2 N–H and O–H groups in total. The van der Waals surface area contributed by atoms with E-state index in [2.05, 4.69) is 49.4 Å². The highest BCUT2D eigenvalue weighted by molar-refractivity contribution is 5.48. The van der Waals surface area contributed by atoms with Crippen LogP contribution < -0.4 is 9.80 Å². The molecule has 2 nitrogen and oxygen atoms in total. The van der Waals surface area contributed by atoms with E-state index in [4.69, 9.17) is 0 Å². The van der Waals surface area contributed by atoms with E-state index in [0.29, 0.717) is 0 Å². The molecule has 0 radical (unpaired) electrons. The normalized spacial score (nSPS) is 25.2. The van der Waals surface area contributed by atoms with Crippen LogP contribution in [0.15, 0.2) is 36.4 Å². The predicted molar refractivity (Wildman–Crippen MR) is 72.3 cm³/mol. The van der Waals surface area contributed by atoms with E-state index in [1.165, 1.54) is 44.8 Å². The minimum Gasteiger partial charge on any atom is -0.326 e. The van der Waals surface area contributed by atoms with Crippen molar-refractivity contribution in [1.82, 2.24) is 0 Å². The van der Waals surface area contributed by atoms with Gasteiger partial charge >= 0.3 is 0 Å². The van der Waals surface area contributed by atoms with Crippen molar-refractivity contribution in [3.05, 3.63) is 42.0 Å². The van der Waals surface area contributed by atoms with Gasteiger partial charge in [0.1, 0.15) is 26.2 Å². The molecule has 92 valence electrons. The Balaban J connectivity index is 1.74. The summed E-state index contributed by atoms with van der Waals surface area (Å²) < 4.78 is 0. The van der Waals surface area contributed by atoms with Gasteiger partial charge in [0, 0.05) is 0 Å². The number of piperazine rings is 1. The first-order chi connectivity index (χ1) is 8.38. The Bertz CT molecular complexity index is 337. The number of benzene rings is 1. The van der Waals surface area contributed by atoms with E-state index >= 15 is 0 Å². The molecule has 0 unspecified atom stereocenters. The van der Waals surface area contributed by atoms with Gasteiger partial charge in [0.25, 0.3) is 0 Å². The Labute approximate surface area is 105 Å². The van der Waals surface area contributed by atoms with Gasteiger partial charge in [0.15, 0.2) is 0 Å². The van der Waals surface area contributed by atoms with Crippen LogP contribution in [-0.2, 0) is 0 Å². The number of hydrogen-bond acceptors (Lipinski definition) is 0. The Kier molecular flexibility index (Phi) is 4.77. The molecule has 0 aromatic heterocycles. The van der Waals surface area contributed by atoms with Gasteiger partial charge in [-0.2, -0.15) is 0 Å². The third kappa shape index (κ3) is 3.99. The molecule has 2 rings (SSSR count). The van der Waals surface area contributed by atoms with Gasteiger partial charge < -0.3 is 9.80 Å². The maximum atomic E-state index is 2.32. The third-order valence-corrected chi connectivity index (χ3v) is 3.68. The quantitative estimate of drug-likeness (QED) is 0.693. The van der Waals surface area contributed by atoms with Gasteiger partial charge in [-0.3, -0.25) is 0 Å². The molecular weight excluding hydrogens is 208 g/mol. The molecular formula is C15H24N2+2. The van der Waals surface area contributed by atoms with Crippen LogP contribution in [0.1, 0.15) is 12.5 Å². The molecule has 1 fully saturated rings. The van der Waals surface area contributed by atoms with Gasteiger partial charge in [-0.1, -0.05) is 36.4 Å². The molecule has 1 aromatic rings. The van der Waals surface area contributed by atoms with Crippen LogP contribution in [0.2, 0.25) is 0 Å². The van der Waals surface area contributed by atoms with E-state index in [9.17, 15) is 0 Å². The lowest BCUT2D eigenvalue weighted by Crippen LogP contribution is -3.27. The Morgan fingerprint density at radius 3 is 2.29 bits per heavy atom. The molecule has 1 aromatic carbocycles. The zero-order chi connectivity index (χ0) is 11.9. The zero-order valence-electron chi connectivity index (χ0n) is 10.8. The smallest absolute Gasteiger partial charge is 0.127 e. The molecule has 0 spiro atoms. The first kappa shape index (κ1) is 12.3. The standard InChI is InChI=1S/C15H22N2/c1-2-16-11-13-17(14-12-16)10-6-9-15-7-4-3-5-8-15/h3-9H,2,10-14H2,1H3/p+2/b9-6+. The van der Waals surface area contributed by atoms with Crippen molar-refractivity contribution < 1.29 is 9.80 Å². The lowest BCUT2D eigenvalue weighted by molar-refractivity contribution is -1.01. The second-order valence-corrected chi connectivity index (χ2v) is 4.87. The van der Waals surface area contributed by atoms with E-state index in [1.54, 1.807) is 9.80 Å². The highest BCUT2D eigenvalue weighted by atomic mass is 15.2. The molecule has 1 aliphatic rings. The summed E-state index contributed by atoms with van der Waals surface area (Å²) in [5.41, 5.74) is 1.31. The highest BCUT2D eigenvalue weighted by Crippen LogP contribution is 1.99. The molecule has 1 heterocycles. The summed E-state index contributed by atoms with van der Waals surface area (Å²) in [4.78, 5) is 3.50. The summed E-state index contributed by atoms with van der Waals surface area (Å²) in [6, 6.07) is 10.6. The fourth-order valence-corrected chi connectivity index (χ4v) is 2.44. The van der Waals surface area contributed by atoms with Crippen molar-refractivity contribution >= 4 is 6.08 Å². The van der Waals surface area contributed by atoms with Gasteiger partial charge in [-0.15, -0.1) is 0 Å². The monoisotopic (exact) mass is 232 g/mol. The van der Waals surface area contributed by atoms with Crippen LogP contribution in [0.4, 0.5) is 0 Å². The lowest BCUT2D eigenvalue weighted by Gasteiger charge is -2.28. The molecule has 1 saturated heterocycles. The van der Waals surface area contributed by atoms with Crippen LogP contribution in [0.25, 0.3) is 6.08 Å². The van der Waals surface area contributed by atoms with Crippen LogP contribution >= 0.6 is 0 Å². The van der Waals surface area contributed by atoms with Crippen molar-refractivity contribution in [3.8, 4) is 0 Å². The average molecular weight is 232 g/mol. The fraction of sp³-hybridized carbons (Fsp3) is 0.467. The molecule has 0 bridgehead atoms. The Morgan fingerprint density at radius 1 is 1.00 bits per heavy atom. The van der Waals surface area contributed by atoms with Gasteiger partial charge in [0.2, 0.25) is 0 Å². The van der Waals surface area contributed by atoms with Gasteiger partial charge in [-0.25, -0.2) is 0 Å². The highest BCUT2D eigenvalue weighted by Gasteiger charge is 2.19. The maximum absolute atomic E-state index is 2.32. The van der Waals surface area contributed by atoms with Crippen molar-refractivity contribution in [3.63, 3.8) is 0 Å². The van der Waals surface area contributed by atoms with Crippen LogP contribution in [0.3, 0.4) is 0 Å². The molecule has 0 saturated carbocycles. The average Bonchev–Trinajstić information content (AvgIpc) is 2.41. The number of nitrogens with one attached hydrogen (secondary N) is 2. The first-order valence-corrected chi connectivity index (χ1v) is 6.77. The summed E-state index contributed by atoms with van der Waals surface area (Å²) >= 11 is 0. The number of rotatable bonds is 4. The molecule has 0 atom stereocenters. The Hall–Kier alpha value is -1.12. The SMILES string of the molecule is CC[NH+]1CC[NH+](C/C=C/c2ccccc2)CC1.